The number of nitro groups is 1. The van der Waals surface area contributed by atoms with Gasteiger partial charge in [0, 0.05) is 22.9 Å². The molecule has 2 heterocycles. The fraction of sp³-hybridized carbons (Fsp3) is 0.0435. The minimum Gasteiger partial charge on any atom is -0.322 e. The van der Waals surface area contributed by atoms with Gasteiger partial charge in [0.25, 0.3) is 11.6 Å². The summed E-state index contributed by atoms with van der Waals surface area (Å²) in [5, 5.41) is 19.1. The van der Waals surface area contributed by atoms with Gasteiger partial charge in [0.2, 0.25) is 0 Å². The zero-order chi connectivity index (χ0) is 22.9. The van der Waals surface area contributed by atoms with E-state index in [1.807, 2.05) is 31.2 Å². The van der Waals surface area contributed by atoms with Gasteiger partial charge in [-0.1, -0.05) is 6.07 Å². The molecule has 33 heavy (non-hydrogen) atoms. The number of nitrogens with one attached hydrogen (secondary N) is 1. The maximum absolute atomic E-state index is 12.7. The molecule has 0 atom stereocenters. The van der Waals surface area contributed by atoms with Crippen LogP contribution in [0.3, 0.4) is 0 Å². The molecule has 0 bridgehead atoms. The van der Waals surface area contributed by atoms with Crippen LogP contribution in [0.25, 0.3) is 26.5 Å². The molecule has 1 amide bonds. The molecule has 0 saturated heterocycles. The quantitative estimate of drug-likeness (QED) is 0.293. The third-order valence-corrected chi connectivity index (χ3v) is 6.10. The predicted molar refractivity (Wildman–Crippen MR) is 126 cm³/mol. The average molecular weight is 456 g/mol. The molecule has 0 aliphatic carbocycles. The first kappa shape index (κ1) is 20.5. The van der Waals surface area contributed by atoms with Crippen molar-refractivity contribution in [1.29, 1.82) is 0 Å². The fourth-order valence-corrected chi connectivity index (χ4v) is 4.46. The van der Waals surface area contributed by atoms with Crippen molar-refractivity contribution in [3.63, 3.8) is 0 Å². The second-order valence-corrected chi connectivity index (χ2v) is 8.35. The molecule has 5 rings (SSSR count). The van der Waals surface area contributed by atoms with Crippen LogP contribution in [0.4, 0.5) is 11.4 Å². The number of thiazole rings is 1. The van der Waals surface area contributed by atoms with Gasteiger partial charge in [-0.15, -0.1) is 11.3 Å². The summed E-state index contributed by atoms with van der Waals surface area (Å²) in [6, 6.07) is 17.7. The summed E-state index contributed by atoms with van der Waals surface area (Å²) in [4.78, 5) is 32.1. The van der Waals surface area contributed by atoms with E-state index in [-0.39, 0.29) is 16.9 Å². The molecule has 0 saturated carbocycles. The van der Waals surface area contributed by atoms with Crippen LogP contribution in [0.5, 0.6) is 0 Å². The summed E-state index contributed by atoms with van der Waals surface area (Å²) < 4.78 is 2.40. The topological polar surface area (TPSA) is 116 Å². The maximum Gasteiger partial charge on any atom is 0.295 e. The molecule has 0 aliphatic heterocycles. The number of fused-ring (bicyclic) bond motifs is 1. The van der Waals surface area contributed by atoms with Crippen molar-refractivity contribution in [3.8, 4) is 16.3 Å². The Morgan fingerprint density at radius 1 is 1.09 bits per heavy atom. The standard InChI is InChI=1S/C23H16N6O3S/c1-14-2-8-18-21(10-14)33-23(27-18)15-3-6-17(7-4-15)26-22(30)16-5-9-19(20(11-16)29(31)32)28-13-24-12-25-28/h2-13H,1H3,(H,26,30). The average Bonchev–Trinajstić information content (AvgIpc) is 3.49. The van der Waals surface area contributed by atoms with Crippen LogP contribution < -0.4 is 5.32 Å². The molecule has 9 nitrogen and oxygen atoms in total. The molecule has 5 aromatic rings. The number of nitrogens with zero attached hydrogens (tertiary/aromatic N) is 5. The number of amides is 1. The number of carbonyl (C=O) groups excluding carboxylic acids is 1. The van der Waals surface area contributed by atoms with Crippen LogP contribution in [0, 0.1) is 17.0 Å². The molecule has 2 aromatic heterocycles. The zero-order valence-corrected chi connectivity index (χ0v) is 18.1. The molecule has 0 spiro atoms. The van der Waals surface area contributed by atoms with Gasteiger partial charge in [-0.25, -0.2) is 14.6 Å². The van der Waals surface area contributed by atoms with Gasteiger partial charge in [0.15, 0.2) is 0 Å². The lowest BCUT2D eigenvalue weighted by molar-refractivity contribution is -0.384. The van der Waals surface area contributed by atoms with E-state index in [2.05, 4.69) is 26.4 Å². The Labute approximate surface area is 191 Å². The molecular weight excluding hydrogens is 440 g/mol. The number of benzene rings is 3. The van der Waals surface area contributed by atoms with Crippen LogP contribution in [-0.2, 0) is 0 Å². The maximum atomic E-state index is 12.7. The van der Waals surface area contributed by atoms with Crippen molar-refractivity contribution in [2.24, 2.45) is 0 Å². The normalized spacial score (nSPS) is 10.9. The lowest BCUT2D eigenvalue weighted by Crippen LogP contribution is -2.13. The van der Waals surface area contributed by atoms with Gasteiger partial charge < -0.3 is 5.32 Å². The number of hydrogen-bond acceptors (Lipinski definition) is 7. The Hall–Kier alpha value is -4.44. The van der Waals surface area contributed by atoms with Gasteiger partial charge >= 0.3 is 0 Å². The molecule has 0 unspecified atom stereocenters. The molecule has 0 radical (unpaired) electrons. The summed E-state index contributed by atoms with van der Waals surface area (Å²) in [7, 11) is 0. The first-order valence-corrected chi connectivity index (χ1v) is 10.7. The molecular formula is C23H16N6O3S. The Morgan fingerprint density at radius 3 is 2.64 bits per heavy atom. The third-order valence-electron chi connectivity index (χ3n) is 5.03. The summed E-state index contributed by atoms with van der Waals surface area (Å²) in [5.41, 5.74) is 3.80. The largest absolute Gasteiger partial charge is 0.322 e. The van der Waals surface area contributed by atoms with Gasteiger partial charge in [0.05, 0.1) is 15.1 Å². The van der Waals surface area contributed by atoms with E-state index in [9.17, 15) is 14.9 Å². The summed E-state index contributed by atoms with van der Waals surface area (Å²) in [6.07, 6.45) is 2.64. The molecule has 0 fully saturated rings. The minimum absolute atomic E-state index is 0.163. The van der Waals surface area contributed by atoms with Crippen molar-refractivity contribution < 1.29 is 9.72 Å². The van der Waals surface area contributed by atoms with Crippen LogP contribution in [0.2, 0.25) is 0 Å². The molecule has 3 aromatic carbocycles. The Kier molecular flexibility index (Phi) is 5.11. The van der Waals surface area contributed by atoms with Gasteiger partial charge in [0.1, 0.15) is 23.3 Å². The first-order chi connectivity index (χ1) is 16.0. The minimum atomic E-state index is -0.553. The highest BCUT2D eigenvalue weighted by Gasteiger charge is 2.19. The van der Waals surface area contributed by atoms with Crippen LogP contribution in [0.15, 0.2) is 73.3 Å². The number of hydrogen-bond donors (Lipinski definition) is 1. The number of aromatic nitrogens is 4. The number of aryl methyl sites for hydroxylation is 1. The molecule has 162 valence electrons. The van der Waals surface area contributed by atoms with Crippen molar-refractivity contribution in [3.05, 3.63) is 94.6 Å². The van der Waals surface area contributed by atoms with E-state index >= 15 is 0 Å². The second-order valence-electron chi connectivity index (χ2n) is 7.32. The lowest BCUT2D eigenvalue weighted by Gasteiger charge is -2.08. The second kappa shape index (κ2) is 8.24. The Bertz CT molecular complexity index is 1490. The Morgan fingerprint density at radius 2 is 1.91 bits per heavy atom. The van der Waals surface area contributed by atoms with Crippen LogP contribution in [0.1, 0.15) is 15.9 Å². The number of anilines is 1. The van der Waals surface area contributed by atoms with Crippen LogP contribution >= 0.6 is 11.3 Å². The predicted octanol–water partition coefficient (Wildman–Crippen LogP) is 5.01. The molecule has 10 heteroatoms. The van der Waals surface area contributed by atoms with E-state index < -0.39 is 10.8 Å². The van der Waals surface area contributed by atoms with Gasteiger partial charge in [-0.2, -0.15) is 5.10 Å². The van der Waals surface area contributed by atoms with Gasteiger partial charge in [-0.05, 0) is 61.0 Å². The summed E-state index contributed by atoms with van der Waals surface area (Å²) in [5.74, 6) is -0.452. The highest BCUT2D eigenvalue weighted by Crippen LogP contribution is 2.31. The van der Waals surface area contributed by atoms with E-state index in [4.69, 9.17) is 0 Å². The van der Waals surface area contributed by atoms with E-state index in [1.165, 1.54) is 41.1 Å². The molecule has 1 N–H and O–H groups in total. The number of rotatable bonds is 5. The smallest absolute Gasteiger partial charge is 0.295 e. The summed E-state index contributed by atoms with van der Waals surface area (Å²) >= 11 is 1.61. The SMILES string of the molecule is Cc1ccc2nc(-c3ccc(NC(=O)c4ccc(-n5cncn5)c([N+](=O)[O-])c4)cc3)sc2c1. The Balaban J connectivity index is 1.36. The van der Waals surface area contributed by atoms with Crippen molar-refractivity contribution >= 4 is 38.8 Å². The van der Waals surface area contributed by atoms with Gasteiger partial charge in [-0.3, -0.25) is 14.9 Å². The summed E-state index contributed by atoms with van der Waals surface area (Å²) in [6.45, 7) is 2.05. The number of nitro benzene ring substituents is 1. The fourth-order valence-electron chi connectivity index (χ4n) is 3.39. The van der Waals surface area contributed by atoms with Crippen molar-refractivity contribution in [2.75, 3.05) is 5.32 Å². The van der Waals surface area contributed by atoms with E-state index in [0.717, 1.165) is 20.8 Å². The van der Waals surface area contributed by atoms with Crippen LogP contribution in [-0.4, -0.2) is 30.6 Å². The van der Waals surface area contributed by atoms with Crippen molar-refractivity contribution in [2.45, 2.75) is 6.92 Å². The monoisotopic (exact) mass is 456 g/mol. The van der Waals surface area contributed by atoms with Crippen molar-refractivity contribution in [1.82, 2.24) is 19.7 Å². The highest BCUT2D eigenvalue weighted by atomic mass is 32.1. The lowest BCUT2D eigenvalue weighted by atomic mass is 10.1. The highest BCUT2D eigenvalue weighted by molar-refractivity contribution is 7.21. The van der Waals surface area contributed by atoms with E-state index in [1.54, 1.807) is 23.5 Å². The first-order valence-electron chi connectivity index (χ1n) is 9.90. The van der Waals surface area contributed by atoms with E-state index in [0.29, 0.717) is 5.69 Å². The number of carbonyl (C=O) groups is 1. The molecule has 0 aliphatic rings. The zero-order valence-electron chi connectivity index (χ0n) is 17.3. The third kappa shape index (κ3) is 4.06.